The number of rotatable bonds is 6. The van der Waals surface area contributed by atoms with E-state index in [0.29, 0.717) is 10.2 Å². The number of benzene rings is 2. The van der Waals surface area contributed by atoms with E-state index in [-0.39, 0.29) is 33.6 Å². The molecule has 2 aromatic carbocycles. The molecule has 0 unspecified atom stereocenters. The number of hydrogen-bond donors (Lipinski definition) is 3. The molecule has 0 bridgehead atoms. The van der Waals surface area contributed by atoms with E-state index in [4.69, 9.17) is 0 Å². The quantitative estimate of drug-likeness (QED) is 0.132. The second kappa shape index (κ2) is 8.58. The van der Waals surface area contributed by atoms with Crippen molar-refractivity contribution < 1.29 is 14.8 Å². The van der Waals surface area contributed by atoms with E-state index in [1.807, 2.05) is 30.3 Å². The first kappa shape index (κ1) is 20.6. The van der Waals surface area contributed by atoms with Crippen molar-refractivity contribution in [2.24, 2.45) is 0 Å². The zero-order valence-corrected chi connectivity index (χ0v) is 17.3. The summed E-state index contributed by atoms with van der Waals surface area (Å²) in [6, 6.07) is 14.8. The molecule has 31 heavy (non-hydrogen) atoms. The van der Waals surface area contributed by atoms with Gasteiger partial charge in [-0.05, 0) is 17.7 Å². The van der Waals surface area contributed by atoms with Gasteiger partial charge in [-0.2, -0.15) is 0 Å². The molecular weight excluding hydrogens is 440 g/mol. The van der Waals surface area contributed by atoms with Gasteiger partial charge in [0, 0.05) is 17.0 Å². The Morgan fingerprint density at radius 1 is 1.23 bits per heavy atom. The lowest BCUT2D eigenvalue weighted by atomic mass is 10.2. The Labute approximate surface area is 182 Å². The number of nitrogens with one attached hydrogen (secondary N) is 2. The fraction of sp³-hybridized carbons (Fsp3) is 0.0500. The number of nitro groups is 1. The monoisotopic (exact) mass is 454 g/mol. The van der Waals surface area contributed by atoms with Crippen LogP contribution in [0.1, 0.15) is 0 Å². The highest BCUT2D eigenvalue weighted by Gasteiger charge is 2.15. The molecule has 0 saturated heterocycles. The van der Waals surface area contributed by atoms with Gasteiger partial charge >= 0.3 is 0 Å². The van der Waals surface area contributed by atoms with Gasteiger partial charge in [-0.1, -0.05) is 42.1 Å². The first-order valence-electron chi connectivity index (χ1n) is 8.90. The molecule has 0 aliphatic carbocycles. The Morgan fingerprint density at radius 3 is 2.74 bits per heavy atom. The lowest BCUT2D eigenvalue weighted by molar-refractivity contribution is -0.384. The smallest absolute Gasteiger partial charge is 0.271 e. The number of aromatic hydroxyl groups is 1. The Hall–Kier alpha value is -3.70. The number of nitro benzene ring substituents is 1. The number of amides is 1. The number of carbonyl (C=O) groups excluding carboxylic acids is 1. The van der Waals surface area contributed by atoms with Crippen LogP contribution in [0.15, 0.2) is 64.5 Å². The second-order valence-electron chi connectivity index (χ2n) is 6.36. The normalized spacial score (nSPS) is 10.8. The minimum atomic E-state index is -0.627. The minimum Gasteiger partial charge on any atom is -0.506 e. The van der Waals surface area contributed by atoms with Crippen LogP contribution >= 0.6 is 23.1 Å². The predicted octanol–water partition coefficient (Wildman–Crippen LogP) is 4.00. The molecule has 4 aromatic rings. The van der Waals surface area contributed by atoms with E-state index in [2.05, 4.69) is 15.3 Å². The summed E-state index contributed by atoms with van der Waals surface area (Å²) in [5, 5.41) is 23.8. The number of thiophene rings is 1. The van der Waals surface area contributed by atoms with Crippen LogP contribution < -0.4 is 10.9 Å². The summed E-state index contributed by atoms with van der Waals surface area (Å²) in [6.45, 7) is 0. The lowest BCUT2D eigenvalue weighted by Gasteiger charge is -2.07. The molecule has 0 radical (unpaired) electrons. The summed E-state index contributed by atoms with van der Waals surface area (Å²) >= 11 is 2.39. The van der Waals surface area contributed by atoms with Crippen molar-refractivity contribution in [1.29, 1.82) is 0 Å². The SMILES string of the molecule is O=C(CSc1nc2sc(-c3ccccc3)cc2c(=O)[nH]1)Nc1cc([N+](=O)[O-])ccc1O. The summed E-state index contributed by atoms with van der Waals surface area (Å²) in [7, 11) is 0. The molecule has 0 aliphatic rings. The molecular formula is C20H14N4O5S2. The highest BCUT2D eigenvalue weighted by molar-refractivity contribution is 7.99. The van der Waals surface area contributed by atoms with Gasteiger partial charge in [0.05, 0.1) is 21.7 Å². The van der Waals surface area contributed by atoms with Crippen molar-refractivity contribution in [2.45, 2.75) is 5.16 Å². The predicted molar refractivity (Wildman–Crippen MR) is 120 cm³/mol. The number of thioether (sulfide) groups is 1. The minimum absolute atomic E-state index is 0.0672. The zero-order valence-electron chi connectivity index (χ0n) is 15.7. The van der Waals surface area contributed by atoms with Gasteiger partial charge in [-0.15, -0.1) is 11.3 Å². The molecule has 0 fully saturated rings. The summed E-state index contributed by atoms with van der Waals surface area (Å²) in [5.41, 5.74) is 0.351. The number of anilines is 1. The Kier molecular flexibility index (Phi) is 5.69. The summed E-state index contributed by atoms with van der Waals surface area (Å²) in [4.78, 5) is 43.4. The third-order valence-electron chi connectivity index (χ3n) is 4.24. The molecule has 2 aromatic heterocycles. The number of non-ortho nitro benzene ring substituents is 1. The van der Waals surface area contributed by atoms with Gasteiger partial charge in [0.1, 0.15) is 10.6 Å². The van der Waals surface area contributed by atoms with Crippen LogP contribution in [0.4, 0.5) is 11.4 Å². The highest BCUT2D eigenvalue weighted by Crippen LogP contribution is 2.32. The number of carbonyl (C=O) groups is 1. The molecule has 0 saturated carbocycles. The van der Waals surface area contributed by atoms with E-state index in [0.717, 1.165) is 40.4 Å². The van der Waals surface area contributed by atoms with E-state index >= 15 is 0 Å². The van der Waals surface area contributed by atoms with E-state index < -0.39 is 10.8 Å². The number of H-pyrrole nitrogens is 1. The number of hydrogen-bond acceptors (Lipinski definition) is 8. The number of fused-ring (bicyclic) bond motifs is 1. The Bertz CT molecular complexity index is 1350. The fourth-order valence-corrected chi connectivity index (χ4v) is 4.54. The van der Waals surface area contributed by atoms with Gasteiger partial charge in [-0.3, -0.25) is 19.7 Å². The summed E-state index contributed by atoms with van der Waals surface area (Å²) in [5.74, 6) is -0.920. The third kappa shape index (κ3) is 4.57. The van der Waals surface area contributed by atoms with Crippen LogP contribution in [0.2, 0.25) is 0 Å². The standard InChI is InChI=1S/C20H14N4O5S2/c25-15-7-6-12(24(28)29)8-14(15)21-17(26)10-30-20-22-18(27)13-9-16(31-19(13)23-20)11-4-2-1-3-5-11/h1-9,25H,10H2,(H,21,26)(H,22,23,27). The van der Waals surface area contributed by atoms with Gasteiger partial charge in [0.15, 0.2) is 5.16 Å². The van der Waals surface area contributed by atoms with Crippen LogP contribution in [-0.4, -0.2) is 31.7 Å². The first-order chi connectivity index (χ1) is 14.9. The van der Waals surface area contributed by atoms with Crippen LogP contribution in [-0.2, 0) is 4.79 Å². The largest absolute Gasteiger partial charge is 0.506 e. The lowest BCUT2D eigenvalue weighted by Crippen LogP contribution is -2.15. The number of phenols is 1. The maximum atomic E-state index is 12.4. The summed E-state index contributed by atoms with van der Waals surface area (Å²) in [6.07, 6.45) is 0. The highest BCUT2D eigenvalue weighted by atomic mass is 32.2. The number of nitrogens with zero attached hydrogens (tertiary/aromatic N) is 2. The molecule has 0 atom stereocenters. The van der Waals surface area contributed by atoms with Crippen LogP contribution in [0.25, 0.3) is 20.7 Å². The van der Waals surface area contributed by atoms with Crippen molar-refractivity contribution in [2.75, 3.05) is 11.1 Å². The van der Waals surface area contributed by atoms with Crippen molar-refractivity contribution in [3.63, 3.8) is 0 Å². The molecule has 2 heterocycles. The van der Waals surface area contributed by atoms with Crippen molar-refractivity contribution in [3.05, 3.63) is 75.1 Å². The number of aromatic nitrogens is 2. The fourth-order valence-electron chi connectivity index (χ4n) is 2.78. The molecule has 3 N–H and O–H groups in total. The van der Waals surface area contributed by atoms with Gasteiger partial charge in [0.25, 0.3) is 11.2 Å². The Morgan fingerprint density at radius 2 is 2.00 bits per heavy atom. The van der Waals surface area contributed by atoms with Crippen LogP contribution in [0.3, 0.4) is 0 Å². The topological polar surface area (TPSA) is 138 Å². The number of phenolic OH excluding ortho intramolecular Hbond substituents is 1. The van der Waals surface area contributed by atoms with E-state index in [9.17, 15) is 24.8 Å². The van der Waals surface area contributed by atoms with Crippen molar-refractivity contribution in [1.82, 2.24) is 9.97 Å². The first-order valence-corrected chi connectivity index (χ1v) is 10.7. The van der Waals surface area contributed by atoms with E-state index in [1.54, 1.807) is 6.07 Å². The van der Waals surface area contributed by atoms with Gasteiger partial charge < -0.3 is 15.4 Å². The average Bonchev–Trinajstić information content (AvgIpc) is 3.19. The molecule has 1 amide bonds. The Balaban J connectivity index is 1.49. The van der Waals surface area contributed by atoms with Gasteiger partial charge in [-0.25, -0.2) is 4.98 Å². The molecule has 11 heteroatoms. The molecule has 9 nitrogen and oxygen atoms in total. The maximum Gasteiger partial charge on any atom is 0.271 e. The van der Waals surface area contributed by atoms with Crippen LogP contribution in [0, 0.1) is 10.1 Å². The second-order valence-corrected chi connectivity index (χ2v) is 8.36. The van der Waals surface area contributed by atoms with Crippen molar-refractivity contribution >= 4 is 50.6 Å². The zero-order chi connectivity index (χ0) is 22.0. The van der Waals surface area contributed by atoms with Gasteiger partial charge in [0.2, 0.25) is 5.91 Å². The molecule has 0 aliphatic heterocycles. The average molecular weight is 454 g/mol. The molecule has 0 spiro atoms. The summed E-state index contributed by atoms with van der Waals surface area (Å²) < 4.78 is 0. The number of aromatic amines is 1. The van der Waals surface area contributed by atoms with Crippen LogP contribution in [0.5, 0.6) is 5.75 Å². The maximum absolute atomic E-state index is 12.4. The third-order valence-corrected chi connectivity index (χ3v) is 6.20. The molecule has 156 valence electrons. The molecule has 4 rings (SSSR count). The van der Waals surface area contributed by atoms with E-state index in [1.165, 1.54) is 11.3 Å². The van der Waals surface area contributed by atoms with Crippen molar-refractivity contribution in [3.8, 4) is 16.2 Å².